The average molecular weight is 275 g/mol. The van der Waals surface area contributed by atoms with Gasteiger partial charge in [-0.15, -0.1) is 0 Å². The summed E-state index contributed by atoms with van der Waals surface area (Å²) < 4.78 is 0. The molecule has 1 aliphatic heterocycles. The van der Waals surface area contributed by atoms with E-state index in [1.165, 1.54) is 5.56 Å². The maximum Gasteiger partial charge on any atom is 0.225 e. The Bertz CT molecular complexity index is 433. The van der Waals surface area contributed by atoms with Crippen LogP contribution in [0.4, 0.5) is 0 Å². The third kappa shape index (κ3) is 3.79. The number of hydrogen-bond donors (Lipinski definition) is 1. The van der Waals surface area contributed by atoms with Crippen molar-refractivity contribution in [1.29, 1.82) is 0 Å². The predicted octanol–water partition coefficient (Wildman–Crippen LogP) is 2.06. The van der Waals surface area contributed by atoms with Gasteiger partial charge in [0.25, 0.3) is 0 Å². The lowest BCUT2D eigenvalue weighted by molar-refractivity contribution is -0.136. The summed E-state index contributed by atoms with van der Waals surface area (Å²) in [5.74, 6) is 0.868. The van der Waals surface area contributed by atoms with Crippen LogP contribution in [0.5, 0.6) is 0 Å². The Morgan fingerprint density at radius 3 is 2.95 bits per heavy atom. The molecule has 1 saturated heterocycles. The molecule has 110 valence electrons. The highest BCUT2D eigenvalue weighted by Gasteiger charge is 2.29. The number of carbonyl (C=O) groups is 1. The van der Waals surface area contributed by atoms with Gasteiger partial charge in [0.2, 0.25) is 5.91 Å². The number of likely N-dealkylation sites (tertiary alicyclic amines) is 1. The number of carbonyl (C=O) groups excluding carboxylic acids is 1. The molecule has 0 bridgehead atoms. The van der Waals surface area contributed by atoms with Crippen LogP contribution in [0.25, 0.3) is 0 Å². The molecule has 2 rings (SSSR count). The van der Waals surface area contributed by atoms with Gasteiger partial charge >= 0.3 is 0 Å². The zero-order valence-corrected chi connectivity index (χ0v) is 12.7. The molecule has 0 radical (unpaired) electrons. The lowest BCUT2D eigenvalue weighted by Crippen LogP contribution is -2.50. The maximum atomic E-state index is 12.0. The molecule has 1 aromatic rings. The number of aromatic nitrogens is 1. The summed E-state index contributed by atoms with van der Waals surface area (Å²) in [6.07, 6.45) is 4.72. The van der Waals surface area contributed by atoms with Crippen molar-refractivity contribution >= 4 is 5.91 Å². The van der Waals surface area contributed by atoms with Crippen molar-refractivity contribution in [2.75, 3.05) is 13.1 Å². The van der Waals surface area contributed by atoms with Crippen LogP contribution in [0.3, 0.4) is 0 Å². The highest BCUT2D eigenvalue weighted by molar-refractivity contribution is 5.78. The van der Waals surface area contributed by atoms with E-state index in [1.807, 2.05) is 31.0 Å². The summed E-state index contributed by atoms with van der Waals surface area (Å²) in [5.41, 5.74) is 1.21. The second kappa shape index (κ2) is 6.84. The summed E-state index contributed by atoms with van der Waals surface area (Å²) in [7, 11) is 0. The van der Waals surface area contributed by atoms with Crippen molar-refractivity contribution in [3.8, 4) is 0 Å². The van der Waals surface area contributed by atoms with Crippen LogP contribution >= 0.6 is 0 Å². The topological polar surface area (TPSA) is 45.2 Å². The van der Waals surface area contributed by atoms with Gasteiger partial charge in [-0.1, -0.05) is 26.8 Å². The molecule has 4 nitrogen and oxygen atoms in total. The fraction of sp³-hybridized carbons (Fsp3) is 0.625. The molecule has 1 N–H and O–H groups in total. The van der Waals surface area contributed by atoms with Gasteiger partial charge in [0.05, 0.1) is 0 Å². The molecular formula is C16H25N3O. The van der Waals surface area contributed by atoms with Gasteiger partial charge in [0.15, 0.2) is 0 Å². The smallest absolute Gasteiger partial charge is 0.225 e. The SMILES string of the molecule is CC(C)C(=O)N1CC[C@@H](NCc2cccnc2)[C@@H](C)C1. The molecule has 0 aromatic carbocycles. The summed E-state index contributed by atoms with van der Waals surface area (Å²) in [5, 5.41) is 3.60. The fourth-order valence-corrected chi connectivity index (χ4v) is 2.77. The van der Waals surface area contributed by atoms with E-state index in [2.05, 4.69) is 23.3 Å². The van der Waals surface area contributed by atoms with Gasteiger partial charge in [-0.25, -0.2) is 0 Å². The highest BCUT2D eigenvalue weighted by Crippen LogP contribution is 2.19. The third-order valence-electron chi connectivity index (χ3n) is 4.00. The fourth-order valence-electron chi connectivity index (χ4n) is 2.77. The lowest BCUT2D eigenvalue weighted by Gasteiger charge is -2.38. The zero-order chi connectivity index (χ0) is 14.5. The van der Waals surface area contributed by atoms with E-state index < -0.39 is 0 Å². The van der Waals surface area contributed by atoms with Crippen molar-refractivity contribution in [3.05, 3.63) is 30.1 Å². The average Bonchev–Trinajstić information content (AvgIpc) is 2.46. The first-order valence-corrected chi connectivity index (χ1v) is 7.49. The van der Waals surface area contributed by atoms with Gasteiger partial charge < -0.3 is 10.2 Å². The van der Waals surface area contributed by atoms with Gasteiger partial charge in [-0.2, -0.15) is 0 Å². The monoisotopic (exact) mass is 275 g/mol. The van der Waals surface area contributed by atoms with Crippen LogP contribution in [0.1, 0.15) is 32.8 Å². The Morgan fingerprint density at radius 1 is 1.55 bits per heavy atom. The highest BCUT2D eigenvalue weighted by atomic mass is 16.2. The molecule has 1 amide bonds. The number of nitrogens with zero attached hydrogens (tertiary/aromatic N) is 2. The number of piperidine rings is 1. The molecule has 1 fully saturated rings. The number of nitrogens with one attached hydrogen (secondary N) is 1. The Kier molecular flexibility index (Phi) is 5.12. The van der Waals surface area contributed by atoms with Crippen molar-refractivity contribution in [2.24, 2.45) is 11.8 Å². The lowest BCUT2D eigenvalue weighted by atomic mass is 9.93. The second-order valence-corrected chi connectivity index (χ2v) is 6.05. The molecular weight excluding hydrogens is 250 g/mol. The van der Waals surface area contributed by atoms with E-state index >= 15 is 0 Å². The minimum absolute atomic E-state index is 0.0992. The van der Waals surface area contributed by atoms with E-state index in [9.17, 15) is 4.79 Å². The largest absolute Gasteiger partial charge is 0.342 e. The van der Waals surface area contributed by atoms with Crippen LogP contribution in [-0.2, 0) is 11.3 Å². The summed E-state index contributed by atoms with van der Waals surface area (Å²) in [6.45, 7) is 8.74. The van der Waals surface area contributed by atoms with Gasteiger partial charge in [-0.3, -0.25) is 9.78 Å². The minimum Gasteiger partial charge on any atom is -0.342 e. The van der Waals surface area contributed by atoms with E-state index in [4.69, 9.17) is 0 Å². The summed E-state index contributed by atoms with van der Waals surface area (Å²) in [4.78, 5) is 18.2. The molecule has 1 aliphatic rings. The molecule has 0 unspecified atom stereocenters. The van der Waals surface area contributed by atoms with Crippen molar-refractivity contribution in [3.63, 3.8) is 0 Å². The first kappa shape index (κ1) is 15.0. The van der Waals surface area contributed by atoms with Crippen molar-refractivity contribution in [1.82, 2.24) is 15.2 Å². The first-order chi connectivity index (χ1) is 9.58. The van der Waals surface area contributed by atoms with Gasteiger partial charge in [0.1, 0.15) is 0 Å². The van der Waals surface area contributed by atoms with Crippen molar-refractivity contribution < 1.29 is 4.79 Å². The molecule has 0 spiro atoms. The molecule has 0 aliphatic carbocycles. The summed E-state index contributed by atoms with van der Waals surface area (Å²) in [6, 6.07) is 4.53. The van der Waals surface area contributed by atoms with Crippen LogP contribution < -0.4 is 5.32 Å². The Balaban J connectivity index is 1.83. The molecule has 2 heterocycles. The van der Waals surface area contributed by atoms with E-state index in [-0.39, 0.29) is 11.8 Å². The number of hydrogen-bond acceptors (Lipinski definition) is 3. The van der Waals surface area contributed by atoms with Crippen LogP contribution in [0.15, 0.2) is 24.5 Å². The molecule has 1 aromatic heterocycles. The van der Waals surface area contributed by atoms with Gasteiger partial charge in [0, 0.05) is 44.0 Å². The van der Waals surface area contributed by atoms with Crippen LogP contribution in [-0.4, -0.2) is 34.9 Å². The first-order valence-electron chi connectivity index (χ1n) is 7.49. The second-order valence-electron chi connectivity index (χ2n) is 6.05. The Labute approximate surface area is 121 Å². The van der Waals surface area contributed by atoms with Crippen molar-refractivity contribution in [2.45, 2.75) is 39.8 Å². The van der Waals surface area contributed by atoms with E-state index in [0.29, 0.717) is 12.0 Å². The molecule has 0 saturated carbocycles. The van der Waals surface area contributed by atoms with Crippen LogP contribution in [0, 0.1) is 11.8 Å². The predicted molar refractivity (Wildman–Crippen MR) is 80.1 cm³/mol. The standard InChI is InChI=1S/C16H25N3O/c1-12(2)16(20)19-8-6-15(13(3)11-19)18-10-14-5-4-7-17-9-14/h4-5,7,9,12-13,15,18H,6,8,10-11H2,1-3H3/t13-,15+/m0/s1. The Hall–Kier alpha value is -1.42. The number of rotatable bonds is 4. The summed E-state index contributed by atoms with van der Waals surface area (Å²) >= 11 is 0. The zero-order valence-electron chi connectivity index (χ0n) is 12.7. The van der Waals surface area contributed by atoms with Crippen LogP contribution in [0.2, 0.25) is 0 Å². The molecule has 2 atom stereocenters. The van der Waals surface area contributed by atoms with Gasteiger partial charge in [-0.05, 0) is 24.0 Å². The normalized spacial score (nSPS) is 23.1. The quantitative estimate of drug-likeness (QED) is 0.915. The third-order valence-corrected chi connectivity index (χ3v) is 4.00. The van der Waals surface area contributed by atoms with E-state index in [1.54, 1.807) is 6.20 Å². The number of pyridine rings is 1. The number of amides is 1. The minimum atomic E-state index is 0.0992. The maximum absolute atomic E-state index is 12.0. The van der Waals surface area contributed by atoms with E-state index in [0.717, 1.165) is 26.1 Å². The molecule has 20 heavy (non-hydrogen) atoms. The Morgan fingerprint density at radius 2 is 2.35 bits per heavy atom. The molecule has 4 heteroatoms.